The molecule has 30 heavy (non-hydrogen) atoms. The summed E-state index contributed by atoms with van der Waals surface area (Å²) in [6.45, 7) is 1.06. The summed E-state index contributed by atoms with van der Waals surface area (Å²) in [5.74, 6) is 1.41. The standard InChI is InChI=1S/C21H27N5O4/c1-27-12-25(13-28-2)20-22-19(23-21(24-20)26(14-29-3)15-30-4)18-11-7-9-16-8-5-6-10-17(16)18/h5-11H,12-15H2,1-4H3. The van der Waals surface area contributed by atoms with Crippen molar-refractivity contribution in [2.24, 2.45) is 0 Å². The number of benzene rings is 2. The summed E-state index contributed by atoms with van der Waals surface area (Å²) in [5.41, 5.74) is 0.905. The molecule has 9 nitrogen and oxygen atoms in total. The van der Waals surface area contributed by atoms with Gasteiger partial charge in [0.1, 0.15) is 26.9 Å². The van der Waals surface area contributed by atoms with E-state index in [0.717, 1.165) is 16.3 Å². The number of anilines is 2. The average molecular weight is 413 g/mol. The second-order valence-corrected chi connectivity index (χ2v) is 6.54. The summed E-state index contributed by atoms with van der Waals surface area (Å²) < 4.78 is 21.2. The highest BCUT2D eigenvalue weighted by atomic mass is 16.5. The molecule has 0 radical (unpaired) electrons. The second kappa shape index (κ2) is 10.8. The molecule has 3 rings (SSSR count). The van der Waals surface area contributed by atoms with Crippen LogP contribution in [0.5, 0.6) is 0 Å². The number of fused-ring (bicyclic) bond motifs is 1. The summed E-state index contributed by atoms with van der Waals surface area (Å²) in [7, 11) is 6.44. The van der Waals surface area contributed by atoms with Gasteiger partial charge >= 0.3 is 0 Å². The zero-order valence-corrected chi connectivity index (χ0v) is 17.7. The number of hydrogen-bond acceptors (Lipinski definition) is 9. The third kappa shape index (κ3) is 5.00. The molecular formula is C21H27N5O4. The van der Waals surface area contributed by atoms with Crippen LogP contribution in [0.25, 0.3) is 22.2 Å². The summed E-state index contributed by atoms with van der Waals surface area (Å²) in [5, 5.41) is 2.16. The van der Waals surface area contributed by atoms with Crippen LogP contribution in [0.3, 0.4) is 0 Å². The van der Waals surface area contributed by atoms with Crippen molar-refractivity contribution in [1.29, 1.82) is 0 Å². The third-order valence-electron chi connectivity index (χ3n) is 4.35. The Labute approximate surface area is 176 Å². The molecule has 0 saturated carbocycles. The Morgan fingerprint density at radius 1 is 0.633 bits per heavy atom. The molecule has 0 aliphatic heterocycles. The van der Waals surface area contributed by atoms with Gasteiger partial charge in [0.25, 0.3) is 0 Å². The highest BCUT2D eigenvalue weighted by Gasteiger charge is 2.19. The fourth-order valence-electron chi connectivity index (χ4n) is 3.11. The zero-order chi connectivity index (χ0) is 21.3. The molecule has 0 amide bonds. The van der Waals surface area contributed by atoms with Gasteiger partial charge in [-0.3, -0.25) is 9.80 Å². The lowest BCUT2D eigenvalue weighted by Crippen LogP contribution is -2.33. The van der Waals surface area contributed by atoms with E-state index in [1.165, 1.54) is 0 Å². The van der Waals surface area contributed by atoms with E-state index in [2.05, 4.69) is 23.2 Å². The van der Waals surface area contributed by atoms with Crippen LogP contribution in [0.2, 0.25) is 0 Å². The number of ether oxygens (including phenoxy) is 4. The van der Waals surface area contributed by atoms with Crippen LogP contribution >= 0.6 is 0 Å². The van der Waals surface area contributed by atoms with Crippen molar-refractivity contribution in [3.63, 3.8) is 0 Å². The first-order chi connectivity index (χ1) is 14.7. The van der Waals surface area contributed by atoms with Crippen LogP contribution in [0.4, 0.5) is 11.9 Å². The highest BCUT2D eigenvalue weighted by Crippen LogP contribution is 2.28. The highest BCUT2D eigenvalue weighted by molar-refractivity contribution is 5.95. The Morgan fingerprint density at radius 3 is 1.67 bits per heavy atom. The molecule has 2 aromatic carbocycles. The molecular weight excluding hydrogens is 386 g/mol. The van der Waals surface area contributed by atoms with Crippen molar-refractivity contribution in [2.75, 3.05) is 65.2 Å². The SMILES string of the molecule is COCN(COC)c1nc(-c2cccc3ccccc23)nc(N(COC)COC)n1. The van der Waals surface area contributed by atoms with E-state index < -0.39 is 0 Å². The maximum absolute atomic E-state index is 5.30. The molecule has 0 saturated heterocycles. The monoisotopic (exact) mass is 413 g/mol. The summed E-state index contributed by atoms with van der Waals surface area (Å²) >= 11 is 0. The molecule has 3 aromatic rings. The number of nitrogens with zero attached hydrogens (tertiary/aromatic N) is 5. The predicted octanol–water partition coefficient (Wildman–Crippen LogP) is 2.72. The average Bonchev–Trinajstić information content (AvgIpc) is 2.78. The minimum absolute atomic E-state index is 0.265. The Kier molecular flexibility index (Phi) is 7.86. The quantitative estimate of drug-likeness (QED) is 0.441. The van der Waals surface area contributed by atoms with E-state index in [1.807, 2.05) is 24.3 Å². The fraction of sp³-hybridized carbons (Fsp3) is 0.381. The van der Waals surface area contributed by atoms with Crippen molar-refractivity contribution in [3.05, 3.63) is 42.5 Å². The molecule has 0 N–H and O–H groups in total. The predicted molar refractivity (Wildman–Crippen MR) is 115 cm³/mol. The van der Waals surface area contributed by atoms with E-state index >= 15 is 0 Å². The Morgan fingerprint density at radius 2 is 1.13 bits per heavy atom. The van der Waals surface area contributed by atoms with Gasteiger partial charge < -0.3 is 18.9 Å². The molecule has 0 atom stereocenters. The fourth-order valence-corrected chi connectivity index (χ4v) is 3.11. The number of rotatable bonds is 11. The lowest BCUT2D eigenvalue weighted by atomic mass is 10.0. The van der Waals surface area contributed by atoms with Crippen molar-refractivity contribution in [3.8, 4) is 11.4 Å². The van der Waals surface area contributed by atoms with Gasteiger partial charge in [-0.1, -0.05) is 42.5 Å². The van der Waals surface area contributed by atoms with Crippen LogP contribution in [0, 0.1) is 0 Å². The van der Waals surface area contributed by atoms with Crippen molar-refractivity contribution < 1.29 is 18.9 Å². The largest absolute Gasteiger partial charge is 0.364 e. The third-order valence-corrected chi connectivity index (χ3v) is 4.35. The lowest BCUT2D eigenvalue weighted by Gasteiger charge is -2.25. The van der Waals surface area contributed by atoms with E-state index in [0.29, 0.717) is 17.7 Å². The van der Waals surface area contributed by atoms with Crippen molar-refractivity contribution in [2.45, 2.75) is 0 Å². The first kappa shape index (κ1) is 21.8. The van der Waals surface area contributed by atoms with E-state index in [4.69, 9.17) is 28.9 Å². The van der Waals surface area contributed by atoms with Crippen LogP contribution in [-0.4, -0.2) is 70.3 Å². The first-order valence-electron chi connectivity index (χ1n) is 9.41. The zero-order valence-electron chi connectivity index (χ0n) is 17.7. The van der Waals surface area contributed by atoms with Crippen LogP contribution in [0.1, 0.15) is 0 Å². The summed E-state index contributed by atoms with van der Waals surface area (Å²) in [6.07, 6.45) is 0. The molecule has 9 heteroatoms. The van der Waals surface area contributed by atoms with Gasteiger partial charge in [-0.05, 0) is 10.8 Å². The number of aromatic nitrogens is 3. The minimum atomic E-state index is 0.265. The van der Waals surface area contributed by atoms with Crippen molar-refractivity contribution >= 4 is 22.7 Å². The Hall–Kier alpha value is -2.85. The topological polar surface area (TPSA) is 82.1 Å². The van der Waals surface area contributed by atoms with Crippen LogP contribution in [0.15, 0.2) is 42.5 Å². The normalized spacial score (nSPS) is 11.1. The minimum Gasteiger partial charge on any atom is -0.364 e. The Balaban J connectivity index is 2.17. The smallest absolute Gasteiger partial charge is 0.234 e. The van der Waals surface area contributed by atoms with Gasteiger partial charge in [-0.15, -0.1) is 0 Å². The van der Waals surface area contributed by atoms with Gasteiger partial charge in [-0.2, -0.15) is 15.0 Å². The first-order valence-corrected chi connectivity index (χ1v) is 9.41. The summed E-state index contributed by atoms with van der Waals surface area (Å²) in [4.78, 5) is 17.6. The molecule has 0 aliphatic rings. The van der Waals surface area contributed by atoms with Gasteiger partial charge in [0.05, 0.1) is 0 Å². The molecule has 0 fully saturated rings. The molecule has 0 aliphatic carbocycles. The number of hydrogen-bond donors (Lipinski definition) is 0. The van der Waals surface area contributed by atoms with Gasteiger partial charge in [0.15, 0.2) is 5.82 Å². The van der Waals surface area contributed by atoms with Crippen molar-refractivity contribution in [1.82, 2.24) is 15.0 Å². The summed E-state index contributed by atoms with van der Waals surface area (Å²) in [6, 6.07) is 14.2. The second-order valence-electron chi connectivity index (χ2n) is 6.54. The van der Waals surface area contributed by atoms with Gasteiger partial charge in [-0.25, -0.2) is 0 Å². The van der Waals surface area contributed by atoms with Gasteiger partial charge in [0.2, 0.25) is 11.9 Å². The maximum Gasteiger partial charge on any atom is 0.234 e. The molecule has 1 aromatic heterocycles. The molecule has 0 unspecified atom stereocenters. The molecule has 160 valence electrons. The number of methoxy groups -OCH3 is 4. The van der Waals surface area contributed by atoms with Crippen LogP contribution < -0.4 is 9.80 Å². The van der Waals surface area contributed by atoms with Gasteiger partial charge in [0, 0.05) is 34.0 Å². The van der Waals surface area contributed by atoms with E-state index in [1.54, 1.807) is 38.2 Å². The van der Waals surface area contributed by atoms with Crippen LogP contribution in [-0.2, 0) is 18.9 Å². The van der Waals surface area contributed by atoms with E-state index in [9.17, 15) is 0 Å². The molecule has 0 spiro atoms. The van der Waals surface area contributed by atoms with E-state index in [-0.39, 0.29) is 26.9 Å². The molecule has 1 heterocycles. The lowest BCUT2D eigenvalue weighted by molar-refractivity contribution is 0.136. The Bertz CT molecular complexity index is 904. The maximum atomic E-state index is 5.30. The molecule has 0 bridgehead atoms.